The summed E-state index contributed by atoms with van der Waals surface area (Å²) < 4.78 is 33.7. The summed E-state index contributed by atoms with van der Waals surface area (Å²) in [5.41, 5.74) is 0.956. The van der Waals surface area contributed by atoms with Crippen LogP contribution < -0.4 is 3.27 Å². The Hall–Kier alpha value is -0.417. The van der Waals surface area contributed by atoms with Gasteiger partial charge in [-0.15, -0.1) is 0 Å². The van der Waals surface area contributed by atoms with Crippen molar-refractivity contribution in [3.8, 4) is 0 Å². The zero-order valence-corrected chi connectivity index (χ0v) is 23.8. The summed E-state index contributed by atoms with van der Waals surface area (Å²) in [6, 6.07) is 17.8. The number of benzene rings is 2. The van der Waals surface area contributed by atoms with Crippen LogP contribution >= 0.6 is 13.5 Å². The van der Waals surface area contributed by atoms with Crippen LogP contribution in [0.15, 0.2) is 59.5 Å². The molecule has 1 N–H and O–H groups in total. The molecule has 2 saturated carbocycles. The van der Waals surface area contributed by atoms with E-state index in [2.05, 4.69) is 30.3 Å². The summed E-state index contributed by atoms with van der Waals surface area (Å²) in [4.78, 5) is -0.0666. The van der Waals surface area contributed by atoms with Crippen molar-refractivity contribution >= 4 is 48.6 Å². The van der Waals surface area contributed by atoms with Gasteiger partial charge in [0.25, 0.3) is 10.1 Å². The molecule has 3 nitrogen and oxygen atoms in total. The van der Waals surface area contributed by atoms with Crippen molar-refractivity contribution in [2.75, 3.05) is 0 Å². The van der Waals surface area contributed by atoms with E-state index in [0.29, 0.717) is 0 Å². The maximum absolute atomic E-state index is 10.5. The molecular formula is C25H37BiO3S2. The van der Waals surface area contributed by atoms with Gasteiger partial charge in [0, 0.05) is 0 Å². The van der Waals surface area contributed by atoms with Crippen LogP contribution in [-0.4, -0.2) is 34.7 Å². The number of hydrogen-bond donors (Lipinski definition) is 1. The van der Waals surface area contributed by atoms with Gasteiger partial charge in [-0.25, -0.2) is 0 Å². The molecule has 2 aliphatic rings. The fourth-order valence-corrected chi connectivity index (χ4v) is 20.0. The first kappa shape index (κ1) is 26.8. The molecular weight excluding hydrogens is 621 g/mol. The minimum absolute atomic E-state index is 0. The molecule has 2 fully saturated rings. The van der Waals surface area contributed by atoms with Crippen LogP contribution in [0.1, 0.15) is 69.8 Å². The number of rotatable bonds is 4. The summed E-state index contributed by atoms with van der Waals surface area (Å²) >= 11 is -1.51. The van der Waals surface area contributed by atoms with Crippen molar-refractivity contribution in [1.29, 1.82) is 0 Å². The summed E-state index contributed by atoms with van der Waals surface area (Å²) in [6.07, 6.45) is 15.4. The standard InChI is InChI=1S/C7H8O3S.2C6H11.C6H5.Bi.H2S/c1-6-2-4-7(5-3-6)11(8,9)10;3*1-2-4-6-5-3-1;;/h2-5H,1H3,(H,8,9,10);2*1H,2-6H2;1-5H;;1H2. The monoisotopic (exact) mass is 658 g/mol. The molecule has 6 heteroatoms. The Labute approximate surface area is 203 Å². The fourth-order valence-electron chi connectivity index (χ4n) is 4.75. The van der Waals surface area contributed by atoms with E-state index < -0.39 is 31.9 Å². The van der Waals surface area contributed by atoms with Crippen LogP contribution in [0.25, 0.3) is 0 Å². The SMILES string of the molecule is Cc1ccc(S(=O)(=O)O)cc1.S.c1cc[c]([Bi]([CH]2CCCCC2)[CH]2CCCCC2)cc1. The van der Waals surface area contributed by atoms with Crippen LogP contribution in [0, 0.1) is 6.92 Å². The molecule has 0 bridgehead atoms. The van der Waals surface area contributed by atoms with E-state index in [1.807, 2.05) is 10.2 Å². The van der Waals surface area contributed by atoms with E-state index in [-0.39, 0.29) is 18.4 Å². The second-order valence-corrected chi connectivity index (χ2v) is 20.9. The fraction of sp³-hybridized carbons (Fsp3) is 0.520. The molecule has 2 aliphatic carbocycles. The van der Waals surface area contributed by atoms with Crippen LogP contribution in [-0.2, 0) is 10.1 Å². The normalized spacial score (nSPS) is 18.0. The molecule has 0 atom stereocenters. The Morgan fingerprint density at radius 1 is 0.742 bits per heavy atom. The molecule has 0 radical (unpaired) electrons. The summed E-state index contributed by atoms with van der Waals surface area (Å²) in [6.45, 7) is 1.84. The quantitative estimate of drug-likeness (QED) is 0.305. The Morgan fingerprint density at radius 3 is 1.61 bits per heavy atom. The zero-order valence-electron chi connectivity index (χ0n) is 18.5. The molecule has 0 aliphatic heterocycles. The first-order valence-corrected chi connectivity index (χ1v) is 18.5. The van der Waals surface area contributed by atoms with Crippen molar-refractivity contribution < 1.29 is 13.0 Å². The zero-order chi connectivity index (χ0) is 21.4. The van der Waals surface area contributed by atoms with Gasteiger partial charge in [0.1, 0.15) is 0 Å². The van der Waals surface area contributed by atoms with E-state index >= 15 is 0 Å². The van der Waals surface area contributed by atoms with Crippen LogP contribution in [0.4, 0.5) is 0 Å². The second-order valence-electron chi connectivity index (χ2n) is 8.61. The van der Waals surface area contributed by atoms with E-state index in [1.165, 1.54) is 57.9 Å². The molecule has 4 rings (SSSR count). The summed E-state index contributed by atoms with van der Waals surface area (Å²) in [5, 5.41) is 0. The van der Waals surface area contributed by atoms with Gasteiger partial charge < -0.3 is 0 Å². The van der Waals surface area contributed by atoms with Crippen molar-refractivity contribution in [3.05, 3.63) is 60.2 Å². The maximum atomic E-state index is 10.5. The Morgan fingerprint density at radius 2 is 1.19 bits per heavy atom. The average Bonchev–Trinajstić information content (AvgIpc) is 2.76. The van der Waals surface area contributed by atoms with Crippen molar-refractivity contribution in [2.24, 2.45) is 0 Å². The first-order valence-electron chi connectivity index (χ1n) is 11.3. The molecule has 0 aromatic heterocycles. The molecule has 31 heavy (non-hydrogen) atoms. The molecule has 0 unspecified atom stereocenters. The van der Waals surface area contributed by atoms with Gasteiger partial charge in [-0.2, -0.15) is 21.9 Å². The molecule has 0 saturated heterocycles. The Kier molecular flexibility index (Phi) is 11.5. The average molecular weight is 659 g/mol. The van der Waals surface area contributed by atoms with E-state index in [9.17, 15) is 8.42 Å². The molecule has 172 valence electrons. The van der Waals surface area contributed by atoms with Crippen molar-refractivity contribution in [2.45, 2.75) is 83.3 Å². The van der Waals surface area contributed by atoms with Gasteiger partial charge in [-0.3, -0.25) is 4.55 Å². The summed E-state index contributed by atoms with van der Waals surface area (Å²) in [7, 11) is -4.02. The van der Waals surface area contributed by atoms with Crippen molar-refractivity contribution in [3.63, 3.8) is 0 Å². The number of aryl methyl sites for hydroxylation is 1. The Bertz CT molecular complexity index is 839. The second kappa shape index (κ2) is 13.3. The third-order valence-electron chi connectivity index (χ3n) is 6.31. The van der Waals surface area contributed by atoms with E-state index in [1.54, 1.807) is 37.8 Å². The van der Waals surface area contributed by atoms with Gasteiger partial charge in [0.15, 0.2) is 0 Å². The predicted octanol–water partition coefficient (Wildman–Crippen LogP) is 6.41. The summed E-state index contributed by atoms with van der Waals surface area (Å²) in [5.74, 6) is 0. The number of hydrogen-bond acceptors (Lipinski definition) is 2. The minimum atomic E-state index is -4.02. The third-order valence-corrected chi connectivity index (χ3v) is 20.8. The van der Waals surface area contributed by atoms with Crippen LogP contribution in [0.5, 0.6) is 0 Å². The van der Waals surface area contributed by atoms with Crippen LogP contribution in [0.2, 0.25) is 7.25 Å². The van der Waals surface area contributed by atoms with Gasteiger partial charge in [-0.1, -0.05) is 17.7 Å². The van der Waals surface area contributed by atoms with Gasteiger partial charge in [0.05, 0.1) is 4.90 Å². The third kappa shape index (κ3) is 8.46. The Balaban J connectivity index is 0.000000245. The molecule has 0 heterocycles. The first-order chi connectivity index (χ1) is 14.4. The van der Waals surface area contributed by atoms with Gasteiger partial charge >= 0.3 is 127 Å². The van der Waals surface area contributed by atoms with Gasteiger partial charge in [0.2, 0.25) is 0 Å². The molecule has 2 aromatic carbocycles. The molecule has 2 aromatic rings. The van der Waals surface area contributed by atoms with Crippen molar-refractivity contribution in [1.82, 2.24) is 0 Å². The van der Waals surface area contributed by atoms with E-state index in [0.717, 1.165) is 5.56 Å². The van der Waals surface area contributed by atoms with Crippen LogP contribution in [0.3, 0.4) is 0 Å². The van der Waals surface area contributed by atoms with Gasteiger partial charge in [-0.05, 0) is 19.1 Å². The molecule has 0 spiro atoms. The topological polar surface area (TPSA) is 54.4 Å². The molecule has 0 amide bonds. The predicted molar refractivity (Wildman–Crippen MR) is 137 cm³/mol. The van der Waals surface area contributed by atoms with E-state index in [4.69, 9.17) is 4.55 Å².